The molecule has 10 heteroatoms. The second kappa shape index (κ2) is 6.03. The van der Waals surface area contributed by atoms with E-state index in [1.54, 1.807) is 0 Å². The summed E-state index contributed by atoms with van der Waals surface area (Å²) in [7, 11) is -3.12. The number of halogens is 3. The van der Waals surface area contributed by atoms with Crippen molar-refractivity contribution >= 4 is 21.6 Å². The van der Waals surface area contributed by atoms with Gasteiger partial charge >= 0.3 is 12.4 Å². The molecule has 2 amide bonds. The monoisotopic (exact) mass is 338 g/mol. The number of anilines is 1. The Morgan fingerprint density at radius 2 is 1.86 bits per heavy atom. The average Bonchev–Trinajstić information content (AvgIpc) is 2.36. The summed E-state index contributed by atoms with van der Waals surface area (Å²) in [6, 6.07) is 4.28. The Kier molecular flexibility index (Phi) is 4.50. The highest BCUT2D eigenvalue weighted by Crippen LogP contribution is 2.25. The van der Waals surface area contributed by atoms with Crippen molar-refractivity contribution in [2.75, 3.05) is 29.9 Å². The molecule has 1 fully saturated rings. The molecule has 1 N–H and O–H groups in total. The van der Waals surface area contributed by atoms with E-state index in [-0.39, 0.29) is 30.3 Å². The van der Waals surface area contributed by atoms with Crippen LogP contribution in [0.5, 0.6) is 5.75 Å². The van der Waals surface area contributed by atoms with Crippen LogP contribution in [0.4, 0.5) is 23.7 Å². The third kappa shape index (κ3) is 4.79. The minimum Gasteiger partial charge on any atom is -0.406 e. The Balaban J connectivity index is 1.99. The molecular weight excluding hydrogens is 325 g/mol. The third-order valence-corrected chi connectivity index (χ3v) is 4.56. The summed E-state index contributed by atoms with van der Waals surface area (Å²) >= 11 is 0. The number of nitrogens with one attached hydrogen (secondary N) is 1. The number of carbonyl (C=O) groups is 1. The van der Waals surface area contributed by atoms with Crippen molar-refractivity contribution in [2.45, 2.75) is 6.36 Å². The lowest BCUT2D eigenvalue weighted by Crippen LogP contribution is -2.45. The van der Waals surface area contributed by atoms with Crippen molar-refractivity contribution in [3.63, 3.8) is 0 Å². The van der Waals surface area contributed by atoms with Gasteiger partial charge in [0.1, 0.15) is 5.75 Å². The van der Waals surface area contributed by atoms with Crippen LogP contribution < -0.4 is 10.1 Å². The minimum atomic E-state index is -4.82. The van der Waals surface area contributed by atoms with Crippen LogP contribution in [-0.4, -0.2) is 50.3 Å². The molecule has 1 aliphatic heterocycles. The van der Waals surface area contributed by atoms with Gasteiger partial charge in [-0.05, 0) is 12.1 Å². The maximum atomic E-state index is 12.1. The van der Waals surface area contributed by atoms with Crippen molar-refractivity contribution in [2.24, 2.45) is 0 Å². The van der Waals surface area contributed by atoms with Crippen LogP contribution in [0.15, 0.2) is 24.3 Å². The molecule has 122 valence electrons. The number of benzene rings is 1. The van der Waals surface area contributed by atoms with Gasteiger partial charge in [-0.1, -0.05) is 6.07 Å². The molecule has 0 radical (unpaired) electrons. The number of hydrogen-bond donors (Lipinski definition) is 1. The largest absolute Gasteiger partial charge is 0.573 e. The number of urea groups is 1. The van der Waals surface area contributed by atoms with Gasteiger partial charge in [-0.2, -0.15) is 0 Å². The highest BCUT2D eigenvalue weighted by atomic mass is 32.2. The normalized spacial score (nSPS) is 17.9. The van der Waals surface area contributed by atoms with E-state index in [1.165, 1.54) is 17.0 Å². The van der Waals surface area contributed by atoms with E-state index in [4.69, 9.17) is 0 Å². The van der Waals surface area contributed by atoms with E-state index in [9.17, 15) is 26.4 Å². The molecule has 1 heterocycles. The Bertz CT molecular complexity index is 647. The molecule has 0 atom stereocenters. The molecule has 1 aromatic carbocycles. The molecule has 1 aromatic rings. The summed E-state index contributed by atoms with van der Waals surface area (Å²) in [5.41, 5.74) is 0.125. The summed E-state index contributed by atoms with van der Waals surface area (Å²) in [5.74, 6) is -0.707. The molecule has 2 rings (SSSR count). The van der Waals surface area contributed by atoms with Gasteiger partial charge in [0.05, 0.1) is 11.5 Å². The molecule has 0 aliphatic carbocycles. The first-order valence-electron chi connectivity index (χ1n) is 6.27. The zero-order valence-corrected chi connectivity index (χ0v) is 12.1. The maximum absolute atomic E-state index is 12.1. The predicted molar refractivity (Wildman–Crippen MR) is 72.4 cm³/mol. The number of rotatable bonds is 2. The minimum absolute atomic E-state index is 0.0485. The lowest BCUT2D eigenvalue weighted by atomic mass is 10.3. The second-order valence-electron chi connectivity index (χ2n) is 4.64. The first kappa shape index (κ1) is 16.4. The number of hydrogen-bond acceptors (Lipinski definition) is 4. The van der Waals surface area contributed by atoms with Crippen LogP contribution in [0.3, 0.4) is 0 Å². The van der Waals surface area contributed by atoms with Gasteiger partial charge in [0.2, 0.25) is 0 Å². The fraction of sp³-hybridized carbons (Fsp3) is 0.417. The van der Waals surface area contributed by atoms with Gasteiger partial charge in [-0.15, -0.1) is 13.2 Å². The van der Waals surface area contributed by atoms with Crippen molar-refractivity contribution in [3.05, 3.63) is 24.3 Å². The first-order valence-corrected chi connectivity index (χ1v) is 8.09. The van der Waals surface area contributed by atoms with E-state index in [0.29, 0.717) is 0 Å². The highest BCUT2D eigenvalue weighted by Gasteiger charge is 2.31. The maximum Gasteiger partial charge on any atom is 0.573 e. The van der Waals surface area contributed by atoms with Crippen molar-refractivity contribution < 1.29 is 31.1 Å². The molecular formula is C12H13F3N2O4S. The predicted octanol–water partition coefficient (Wildman–Crippen LogP) is 1.85. The molecule has 1 saturated heterocycles. The van der Waals surface area contributed by atoms with E-state index >= 15 is 0 Å². The van der Waals surface area contributed by atoms with Crippen molar-refractivity contribution in [1.82, 2.24) is 4.90 Å². The van der Waals surface area contributed by atoms with Gasteiger partial charge in [0.25, 0.3) is 0 Å². The summed E-state index contributed by atoms with van der Waals surface area (Å²) in [5, 5.41) is 2.41. The molecule has 6 nitrogen and oxygen atoms in total. The Morgan fingerprint density at radius 3 is 2.45 bits per heavy atom. The van der Waals surface area contributed by atoms with E-state index in [2.05, 4.69) is 10.1 Å². The molecule has 22 heavy (non-hydrogen) atoms. The summed E-state index contributed by atoms with van der Waals surface area (Å²) < 4.78 is 62.7. The van der Waals surface area contributed by atoms with Crippen LogP contribution in [0.25, 0.3) is 0 Å². The highest BCUT2D eigenvalue weighted by molar-refractivity contribution is 7.91. The van der Waals surface area contributed by atoms with Crippen LogP contribution in [0, 0.1) is 0 Å². The van der Waals surface area contributed by atoms with Gasteiger partial charge in [-0.25, -0.2) is 13.2 Å². The smallest absolute Gasteiger partial charge is 0.406 e. The fourth-order valence-corrected chi connectivity index (χ4v) is 3.09. The van der Waals surface area contributed by atoms with Gasteiger partial charge in [0.15, 0.2) is 9.84 Å². The zero-order valence-electron chi connectivity index (χ0n) is 11.3. The Hall–Kier alpha value is -1.97. The van der Waals surface area contributed by atoms with Crippen LogP contribution in [0.1, 0.15) is 0 Å². The first-order chi connectivity index (χ1) is 10.1. The molecule has 0 aromatic heterocycles. The average molecular weight is 338 g/mol. The number of alkyl halides is 3. The van der Waals surface area contributed by atoms with Gasteiger partial charge in [-0.3, -0.25) is 0 Å². The molecule has 0 spiro atoms. The third-order valence-electron chi connectivity index (χ3n) is 2.95. The Morgan fingerprint density at radius 1 is 1.23 bits per heavy atom. The van der Waals surface area contributed by atoms with E-state index < -0.39 is 28.0 Å². The lowest BCUT2D eigenvalue weighted by Gasteiger charge is -2.26. The second-order valence-corrected chi connectivity index (χ2v) is 6.95. The molecule has 0 bridgehead atoms. The van der Waals surface area contributed by atoms with Crippen molar-refractivity contribution in [3.8, 4) is 5.75 Å². The summed E-state index contributed by atoms with van der Waals surface area (Å²) in [6.45, 7) is 0.0970. The topological polar surface area (TPSA) is 75.7 Å². The van der Waals surface area contributed by atoms with Crippen LogP contribution >= 0.6 is 0 Å². The summed E-state index contributed by atoms with van der Waals surface area (Å²) in [4.78, 5) is 13.2. The van der Waals surface area contributed by atoms with Crippen molar-refractivity contribution in [1.29, 1.82) is 0 Å². The quantitative estimate of drug-likeness (QED) is 0.893. The van der Waals surface area contributed by atoms with E-state index in [1.807, 2.05) is 0 Å². The number of sulfone groups is 1. The molecule has 0 saturated carbocycles. The summed E-state index contributed by atoms with van der Waals surface area (Å²) in [6.07, 6.45) is -4.82. The number of nitrogens with zero attached hydrogens (tertiary/aromatic N) is 1. The number of ether oxygens (including phenoxy) is 1. The van der Waals surface area contributed by atoms with Crippen LogP contribution in [-0.2, 0) is 9.84 Å². The Labute approximate surface area is 124 Å². The van der Waals surface area contributed by atoms with Crippen LogP contribution in [0.2, 0.25) is 0 Å². The fourth-order valence-electron chi connectivity index (χ4n) is 1.89. The van der Waals surface area contributed by atoms with Gasteiger partial charge in [0, 0.05) is 24.8 Å². The number of amides is 2. The molecule has 0 unspecified atom stereocenters. The van der Waals surface area contributed by atoms with E-state index in [0.717, 1.165) is 12.1 Å². The molecule has 1 aliphatic rings. The lowest BCUT2D eigenvalue weighted by molar-refractivity contribution is -0.274. The standard InChI is InChI=1S/C12H13F3N2O4S/c13-12(14,15)21-10-3-1-2-9(8-10)16-11(18)17-4-6-22(19,20)7-5-17/h1-3,8H,4-7H2,(H,16,18). The number of carbonyl (C=O) groups excluding carboxylic acids is 1. The zero-order chi connectivity index (χ0) is 16.4. The SMILES string of the molecule is O=C(Nc1cccc(OC(F)(F)F)c1)N1CCS(=O)(=O)CC1. The van der Waals surface area contributed by atoms with Gasteiger partial charge < -0.3 is 15.0 Å².